The van der Waals surface area contributed by atoms with Gasteiger partial charge in [0.2, 0.25) is 15.9 Å². The van der Waals surface area contributed by atoms with Crippen molar-refractivity contribution in [2.24, 2.45) is 5.41 Å². The van der Waals surface area contributed by atoms with Crippen molar-refractivity contribution in [1.29, 1.82) is 0 Å². The molecule has 4 rings (SSSR count). The van der Waals surface area contributed by atoms with Gasteiger partial charge in [0.15, 0.2) is 0 Å². The third kappa shape index (κ3) is 3.31. The van der Waals surface area contributed by atoms with Gasteiger partial charge in [-0.05, 0) is 42.0 Å². The molecule has 5 nitrogen and oxygen atoms in total. The molecule has 2 aromatic rings. The average molecular weight is 379 g/mol. The number of hydrogen-bond donors (Lipinski definition) is 1. The first kappa shape index (κ1) is 17.4. The number of alkyl halides is 2. The summed E-state index contributed by atoms with van der Waals surface area (Å²) in [5.41, 5.74) is 1.43. The number of aromatic nitrogens is 1. The summed E-state index contributed by atoms with van der Waals surface area (Å²) in [6, 6.07) is 10.0. The highest BCUT2D eigenvalue weighted by molar-refractivity contribution is 7.89. The van der Waals surface area contributed by atoms with Crippen molar-refractivity contribution in [1.82, 2.24) is 9.71 Å². The van der Waals surface area contributed by atoms with Crippen LogP contribution in [0.15, 0.2) is 53.7 Å². The van der Waals surface area contributed by atoms with Crippen molar-refractivity contribution in [2.45, 2.75) is 30.2 Å². The van der Waals surface area contributed by atoms with Crippen molar-refractivity contribution in [3.63, 3.8) is 0 Å². The van der Waals surface area contributed by atoms with Gasteiger partial charge in [-0.25, -0.2) is 21.9 Å². The molecule has 138 valence electrons. The summed E-state index contributed by atoms with van der Waals surface area (Å²) in [6.45, 7) is 1.40. The number of sulfonamides is 1. The van der Waals surface area contributed by atoms with Gasteiger partial charge in [-0.15, -0.1) is 0 Å². The van der Waals surface area contributed by atoms with Crippen molar-refractivity contribution in [2.75, 3.05) is 18.0 Å². The van der Waals surface area contributed by atoms with E-state index in [0.29, 0.717) is 13.1 Å². The van der Waals surface area contributed by atoms with Crippen molar-refractivity contribution in [3.8, 4) is 0 Å². The van der Waals surface area contributed by atoms with E-state index in [2.05, 4.69) is 9.71 Å². The van der Waals surface area contributed by atoms with Crippen molar-refractivity contribution in [3.05, 3.63) is 54.4 Å². The maximum atomic E-state index is 13.1. The lowest BCUT2D eigenvalue weighted by Crippen LogP contribution is -2.66. The molecule has 1 saturated heterocycles. The van der Waals surface area contributed by atoms with Crippen molar-refractivity contribution >= 4 is 15.7 Å². The third-order valence-electron chi connectivity index (χ3n) is 5.05. The van der Waals surface area contributed by atoms with Crippen LogP contribution in [0.4, 0.5) is 14.5 Å². The molecule has 1 spiro atoms. The molecule has 1 saturated carbocycles. The van der Waals surface area contributed by atoms with Crippen LogP contribution in [0.25, 0.3) is 0 Å². The number of nitrogens with zero attached hydrogens (tertiary/aromatic N) is 2. The SMILES string of the molecule is O=S(=O)(NCc1ccncc1)c1ccc(N2CC3(C2)CC(F)(F)C3)cc1. The molecule has 1 aromatic heterocycles. The molecule has 2 aliphatic rings. The summed E-state index contributed by atoms with van der Waals surface area (Å²) in [4.78, 5) is 6.08. The monoisotopic (exact) mass is 379 g/mol. The lowest BCUT2D eigenvalue weighted by atomic mass is 9.61. The van der Waals surface area contributed by atoms with E-state index >= 15 is 0 Å². The number of pyridine rings is 1. The predicted molar refractivity (Wildman–Crippen MR) is 93.5 cm³/mol. The summed E-state index contributed by atoms with van der Waals surface area (Å²) in [5, 5.41) is 0. The summed E-state index contributed by atoms with van der Waals surface area (Å²) < 4.78 is 53.4. The van der Waals surface area contributed by atoms with Gasteiger partial charge in [-0.2, -0.15) is 0 Å². The first-order valence-corrected chi connectivity index (χ1v) is 9.87. The molecule has 0 amide bonds. The van der Waals surface area contributed by atoms with Crippen LogP contribution in [0.5, 0.6) is 0 Å². The van der Waals surface area contributed by atoms with Gasteiger partial charge in [-0.3, -0.25) is 4.98 Å². The second kappa shape index (κ2) is 5.99. The van der Waals surface area contributed by atoms with Crippen LogP contribution >= 0.6 is 0 Å². The minimum absolute atomic E-state index is 0.0398. The lowest BCUT2D eigenvalue weighted by molar-refractivity contribution is -0.170. The van der Waals surface area contributed by atoms with E-state index < -0.39 is 15.9 Å². The van der Waals surface area contributed by atoms with E-state index in [4.69, 9.17) is 0 Å². The molecule has 26 heavy (non-hydrogen) atoms. The highest BCUT2D eigenvalue weighted by Gasteiger charge is 2.61. The van der Waals surface area contributed by atoms with Gasteiger partial charge >= 0.3 is 0 Å². The Bertz CT molecular complexity index is 886. The smallest absolute Gasteiger partial charge is 0.249 e. The zero-order valence-electron chi connectivity index (χ0n) is 14.0. The topological polar surface area (TPSA) is 62.3 Å². The summed E-state index contributed by atoms with van der Waals surface area (Å²) in [6.07, 6.45) is 3.14. The second-order valence-corrected chi connectivity index (χ2v) is 9.01. The molecule has 0 unspecified atom stereocenters. The minimum Gasteiger partial charge on any atom is -0.370 e. The molecular formula is C18H19F2N3O2S. The average Bonchev–Trinajstić information content (AvgIpc) is 2.57. The van der Waals surface area contributed by atoms with E-state index in [-0.39, 0.29) is 29.7 Å². The number of nitrogens with one attached hydrogen (secondary N) is 1. The molecule has 0 atom stereocenters. The van der Waals surface area contributed by atoms with Crippen LogP contribution in [-0.2, 0) is 16.6 Å². The number of benzene rings is 1. The number of hydrogen-bond acceptors (Lipinski definition) is 4. The van der Waals surface area contributed by atoms with Crippen LogP contribution < -0.4 is 9.62 Å². The zero-order chi connectivity index (χ0) is 18.4. The molecule has 1 N–H and O–H groups in total. The van der Waals surface area contributed by atoms with E-state index in [1.165, 1.54) is 0 Å². The summed E-state index contributed by atoms with van der Waals surface area (Å²) in [5.74, 6) is -2.51. The van der Waals surface area contributed by atoms with Gasteiger partial charge in [0.1, 0.15) is 0 Å². The Kier molecular flexibility index (Phi) is 4.00. The van der Waals surface area contributed by atoms with E-state index in [0.717, 1.165) is 11.3 Å². The van der Waals surface area contributed by atoms with Crippen LogP contribution in [0.3, 0.4) is 0 Å². The Balaban J connectivity index is 1.37. The van der Waals surface area contributed by atoms with Crippen LogP contribution in [0.1, 0.15) is 18.4 Å². The molecule has 1 aromatic carbocycles. The lowest BCUT2D eigenvalue weighted by Gasteiger charge is -2.59. The third-order valence-corrected chi connectivity index (χ3v) is 6.46. The highest BCUT2D eigenvalue weighted by Crippen LogP contribution is 2.57. The molecule has 0 radical (unpaired) electrons. The summed E-state index contributed by atoms with van der Waals surface area (Å²) in [7, 11) is -3.61. The maximum absolute atomic E-state index is 13.1. The molecule has 0 bridgehead atoms. The first-order chi connectivity index (χ1) is 12.3. The van der Waals surface area contributed by atoms with E-state index in [1.54, 1.807) is 48.8 Å². The molecule has 2 heterocycles. The quantitative estimate of drug-likeness (QED) is 0.868. The van der Waals surface area contributed by atoms with Crippen molar-refractivity contribution < 1.29 is 17.2 Å². The fraction of sp³-hybridized carbons (Fsp3) is 0.389. The Morgan fingerprint density at radius 1 is 1.04 bits per heavy atom. The van der Waals surface area contributed by atoms with Crippen LogP contribution in [-0.4, -0.2) is 32.4 Å². The summed E-state index contributed by atoms with van der Waals surface area (Å²) >= 11 is 0. The molecular weight excluding hydrogens is 360 g/mol. The van der Waals surface area contributed by atoms with Gasteiger partial charge in [-0.1, -0.05) is 0 Å². The first-order valence-electron chi connectivity index (χ1n) is 8.39. The Hall–Kier alpha value is -2.06. The molecule has 8 heteroatoms. The fourth-order valence-corrected chi connectivity index (χ4v) is 4.83. The normalized spacial score (nSPS) is 20.5. The molecule has 1 aliphatic carbocycles. The van der Waals surface area contributed by atoms with Gasteiger partial charge in [0, 0.05) is 56.0 Å². The van der Waals surface area contributed by atoms with Crippen LogP contribution in [0, 0.1) is 5.41 Å². The number of halogens is 2. The second-order valence-electron chi connectivity index (χ2n) is 7.24. The van der Waals surface area contributed by atoms with E-state index in [9.17, 15) is 17.2 Å². The van der Waals surface area contributed by atoms with Crippen LogP contribution in [0.2, 0.25) is 0 Å². The van der Waals surface area contributed by atoms with Gasteiger partial charge in [0.05, 0.1) is 4.90 Å². The predicted octanol–water partition coefficient (Wildman–Crippen LogP) is 2.80. The molecule has 1 aliphatic heterocycles. The zero-order valence-corrected chi connectivity index (χ0v) is 14.8. The Labute approximate surface area is 151 Å². The molecule has 2 fully saturated rings. The van der Waals surface area contributed by atoms with Gasteiger partial charge in [0.25, 0.3) is 0 Å². The number of rotatable bonds is 5. The Morgan fingerprint density at radius 3 is 2.23 bits per heavy atom. The highest BCUT2D eigenvalue weighted by atomic mass is 32.2. The standard InChI is InChI=1S/C18H19F2N3O2S/c19-18(20)10-17(11-18)12-23(13-17)15-1-3-16(4-2-15)26(24,25)22-9-14-5-7-21-8-6-14/h1-8,22H,9-13H2. The van der Waals surface area contributed by atoms with Gasteiger partial charge < -0.3 is 4.90 Å². The number of anilines is 1. The fourth-order valence-electron chi connectivity index (χ4n) is 3.81. The van der Waals surface area contributed by atoms with E-state index in [1.807, 2.05) is 4.90 Å². The maximum Gasteiger partial charge on any atom is 0.249 e. The largest absolute Gasteiger partial charge is 0.370 e. The Morgan fingerprint density at radius 2 is 1.65 bits per heavy atom. The minimum atomic E-state index is -3.61.